The van der Waals surface area contributed by atoms with Crippen LogP contribution in [0.15, 0.2) is 18.3 Å². The number of rotatable bonds is 3. The molecule has 2 aromatic heterocycles. The van der Waals surface area contributed by atoms with Crippen molar-refractivity contribution in [2.45, 2.75) is 46.1 Å². The molecule has 0 saturated heterocycles. The first-order valence-corrected chi connectivity index (χ1v) is 8.12. The van der Waals surface area contributed by atoms with Gasteiger partial charge in [0.05, 0.1) is 27.4 Å². The third kappa shape index (κ3) is 4.36. The van der Waals surface area contributed by atoms with Gasteiger partial charge >= 0.3 is 0 Å². The summed E-state index contributed by atoms with van der Waals surface area (Å²) in [5, 5.41) is 3.88. The Hall–Kier alpha value is -2.32. The van der Waals surface area contributed by atoms with Gasteiger partial charge in [0.25, 0.3) is 0 Å². The molecule has 0 spiro atoms. The fourth-order valence-corrected chi connectivity index (χ4v) is 2.26. The van der Waals surface area contributed by atoms with E-state index in [-0.39, 0.29) is 12.0 Å². The highest BCUT2D eigenvalue weighted by Gasteiger charge is 2.19. The number of aryl methyl sites for hydroxylation is 1. The van der Waals surface area contributed by atoms with Crippen molar-refractivity contribution in [3.63, 3.8) is 0 Å². The number of anilines is 2. The lowest BCUT2D eigenvalue weighted by Crippen LogP contribution is -2.17. The largest absolute Gasteiger partial charge is 0.368 e. The first kappa shape index (κ1) is 18.0. The Bertz CT molecular complexity index is 786. The van der Waals surface area contributed by atoms with Gasteiger partial charge in [-0.2, -0.15) is 4.98 Å². The predicted molar refractivity (Wildman–Crippen MR) is 99.1 cm³/mol. The Kier molecular flexibility index (Phi) is 5.30. The lowest BCUT2D eigenvalue weighted by molar-refractivity contribution is 0.670. The zero-order valence-corrected chi connectivity index (χ0v) is 15.4. The van der Waals surface area contributed by atoms with Gasteiger partial charge < -0.3 is 11.1 Å². The van der Waals surface area contributed by atoms with E-state index in [1.165, 1.54) is 0 Å². The highest BCUT2D eigenvalue weighted by molar-refractivity contribution is 6.30. The quantitative estimate of drug-likeness (QED) is 0.833. The van der Waals surface area contributed by atoms with Gasteiger partial charge in [-0.3, -0.25) is 4.98 Å². The maximum Gasteiger partial charge on any atom is 0.222 e. The number of hydrogen-bond acceptors (Lipinski definition) is 5. The van der Waals surface area contributed by atoms with Gasteiger partial charge in [0, 0.05) is 12.2 Å². The first-order valence-electron chi connectivity index (χ1n) is 7.75. The molecule has 0 radical (unpaired) electrons. The first-order chi connectivity index (χ1) is 11.2. The topological polar surface area (TPSA) is 76.7 Å². The van der Waals surface area contributed by atoms with Crippen LogP contribution in [0.25, 0.3) is 0 Å². The second kappa shape index (κ2) is 7.06. The van der Waals surface area contributed by atoms with Gasteiger partial charge in [-0.25, -0.2) is 4.98 Å². The van der Waals surface area contributed by atoms with Gasteiger partial charge in [-0.15, -0.1) is 0 Å². The summed E-state index contributed by atoms with van der Waals surface area (Å²) in [6.07, 6.45) is 1.63. The van der Waals surface area contributed by atoms with Gasteiger partial charge in [0.1, 0.15) is 5.82 Å². The molecule has 0 aliphatic rings. The minimum absolute atomic E-state index is 0.213. The van der Waals surface area contributed by atoms with Crippen LogP contribution in [0.4, 0.5) is 11.8 Å². The van der Waals surface area contributed by atoms with Gasteiger partial charge in [0.15, 0.2) is 0 Å². The maximum absolute atomic E-state index is 5.90. The average molecular weight is 344 g/mol. The lowest BCUT2D eigenvalue weighted by atomic mass is 9.89. The Labute approximate surface area is 148 Å². The second-order valence-corrected chi connectivity index (χ2v) is 6.86. The van der Waals surface area contributed by atoms with Crippen molar-refractivity contribution < 1.29 is 0 Å². The van der Waals surface area contributed by atoms with Crippen molar-refractivity contribution >= 4 is 23.4 Å². The molecule has 0 fully saturated rings. The number of aromatic nitrogens is 3. The van der Waals surface area contributed by atoms with Crippen molar-refractivity contribution in [2.24, 2.45) is 0 Å². The zero-order chi connectivity index (χ0) is 17.9. The molecule has 0 aliphatic carbocycles. The summed E-state index contributed by atoms with van der Waals surface area (Å²) in [5.74, 6) is 7.36. The van der Waals surface area contributed by atoms with Gasteiger partial charge in [-0.05, 0) is 46.8 Å². The predicted octanol–water partition coefficient (Wildman–Crippen LogP) is 3.57. The van der Waals surface area contributed by atoms with Crippen LogP contribution in [0, 0.1) is 18.8 Å². The fraction of sp³-hybridized carbons (Fsp3) is 0.389. The molecule has 0 atom stereocenters. The number of hydrogen-bond donors (Lipinski definition) is 2. The number of pyridine rings is 1. The summed E-state index contributed by atoms with van der Waals surface area (Å²) in [5.41, 5.74) is 7.67. The van der Waals surface area contributed by atoms with Crippen LogP contribution in [-0.2, 0) is 5.41 Å². The smallest absolute Gasteiger partial charge is 0.222 e. The van der Waals surface area contributed by atoms with Crippen molar-refractivity contribution in [3.05, 3.63) is 40.3 Å². The fourth-order valence-electron chi connectivity index (χ4n) is 2.15. The van der Waals surface area contributed by atoms with Crippen LogP contribution in [-0.4, -0.2) is 21.0 Å². The summed E-state index contributed by atoms with van der Waals surface area (Å²) in [6.45, 7) is 9.97. The van der Waals surface area contributed by atoms with Crippen LogP contribution in [0.2, 0.25) is 5.02 Å². The normalized spacial score (nSPS) is 11.1. The number of nitrogen functional groups attached to an aromatic ring is 1. The van der Waals surface area contributed by atoms with Crippen molar-refractivity contribution in [3.8, 4) is 11.8 Å². The van der Waals surface area contributed by atoms with Crippen LogP contribution in [0.1, 0.15) is 44.6 Å². The summed E-state index contributed by atoms with van der Waals surface area (Å²) in [4.78, 5) is 12.9. The molecule has 0 bridgehead atoms. The molecule has 6 heteroatoms. The van der Waals surface area contributed by atoms with Crippen LogP contribution in [0.5, 0.6) is 0 Å². The summed E-state index contributed by atoms with van der Waals surface area (Å²) in [6, 6.07) is 3.91. The lowest BCUT2D eigenvalue weighted by Gasteiger charge is -2.17. The van der Waals surface area contributed by atoms with E-state index in [1.54, 1.807) is 6.20 Å². The Morgan fingerprint density at radius 2 is 1.96 bits per heavy atom. The molecule has 3 N–H and O–H groups in total. The van der Waals surface area contributed by atoms with E-state index in [4.69, 9.17) is 17.3 Å². The number of nitrogens with one attached hydrogen (secondary N) is 1. The van der Waals surface area contributed by atoms with Gasteiger partial charge in [-0.1, -0.05) is 23.4 Å². The van der Waals surface area contributed by atoms with Crippen LogP contribution >= 0.6 is 11.6 Å². The molecule has 126 valence electrons. The van der Waals surface area contributed by atoms with E-state index >= 15 is 0 Å². The van der Waals surface area contributed by atoms with E-state index in [0.29, 0.717) is 10.8 Å². The molecular formula is C18H22ClN5. The minimum Gasteiger partial charge on any atom is -0.368 e. The third-order valence-corrected chi connectivity index (χ3v) is 3.62. The van der Waals surface area contributed by atoms with Crippen molar-refractivity contribution in [1.82, 2.24) is 15.0 Å². The molecule has 0 unspecified atom stereocenters. The highest BCUT2D eigenvalue weighted by Crippen LogP contribution is 2.23. The molecule has 0 aliphatic heterocycles. The molecule has 0 amide bonds. The Balaban J connectivity index is 2.44. The molecule has 5 nitrogen and oxygen atoms in total. The Morgan fingerprint density at radius 3 is 2.54 bits per heavy atom. The molecular weight excluding hydrogens is 322 g/mol. The van der Waals surface area contributed by atoms with Crippen molar-refractivity contribution in [1.29, 1.82) is 0 Å². The molecule has 0 aromatic carbocycles. The van der Waals surface area contributed by atoms with E-state index in [9.17, 15) is 0 Å². The molecule has 0 saturated carbocycles. The molecule has 24 heavy (non-hydrogen) atoms. The third-order valence-electron chi connectivity index (χ3n) is 3.40. The summed E-state index contributed by atoms with van der Waals surface area (Å²) < 4.78 is 0. The average Bonchev–Trinajstić information content (AvgIpc) is 2.45. The van der Waals surface area contributed by atoms with Gasteiger partial charge in [0.2, 0.25) is 5.95 Å². The standard InChI is InChI=1S/C18H22ClN5/c1-11(2)22-16-14(12(3)23-17(20)24-16)8-9-18(4,5)15-7-6-13(19)10-21-15/h6-7,10-11H,1-5H3,(H3,20,22,23,24). The monoisotopic (exact) mass is 343 g/mol. The molecule has 2 rings (SSSR count). The maximum atomic E-state index is 5.90. The molecule has 2 heterocycles. The Morgan fingerprint density at radius 1 is 1.25 bits per heavy atom. The molecule has 2 aromatic rings. The van der Waals surface area contributed by atoms with E-state index < -0.39 is 5.41 Å². The summed E-state index contributed by atoms with van der Waals surface area (Å²) in [7, 11) is 0. The summed E-state index contributed by atoms with van der Waals surface area (Å²) >= 11 is 5.90. The van der Waals surface area contributed by atoms with Crippen LogP contribution in [0.3, 0.4) is 0 Å². The second-order valence-electron chi connectivity index (χ2n) is 6.43. The minimum atomic E-state index is -0.437. The SMILES string of the molecule is Cc1nc(N)nc(NC(C)C)c1C#CC(C)(C)c1ccc(Cl)cn1. The number of halogens is 1. The highest BCUT2D eigenvalue weighted by atomic mass is 35.5. The van der Waals surface area contributed by atoms with Crippen molar-refractivity contribution in [2.75, 3.05) is 11.1 Å². The number of nitrogens with two attached hydrogens (primary N) is 1. The van der Waals surface area contributed by atoms with E-state index in [1.807, 2.05) is 46.8 Å². The van der Waals surface area contributed by atoms with E-state index in [0.717, 1.165) is 17.0 Å². The zero-order valence-electron chi connectivity index (χ0n) is 14.6. The van der Waals surface area contributed by atoms with E-state index in [2.05, 4.69) is 32.1 Å². The number of nitrogens with zero attached hydrogens (tertiary/aromatic N) is 3. The van der Waals surface area contributed by atoms with Crippen LogP contribution < -0.4 is 11.1 Å².